The number of pyridine rings is 1. The molecule has 0 unspecified atom stereocenters. The van der Waals surface area contributed by atoms with Crippen LogP contribution in [0.25, 0.3) is 11.1 Å². The van der Waals surface area contributed by atoms with Crippen LogP contribution in [-0.2, 0) is 7.05 Å². The maximum atomic E-state index is 11.8. The zero-order valence-electron chi connectivity index (χ0n) is 11.1. The lowest BCUT2D eigenvalue weighted by atomic mass is 10.1. The Morgan fingerprint density at radius 1 is 1.11 bits per heavy atom. The van der Waals surface area contributed by atoms with Crippen LogP contribution < -0.4 is 20.8 Å². The molecule has 0 aliphatic rings. The topological polar surface area (TPSA) is 66.5 Å². The maximum Gasteiger partial charge on any atom is 0.252 e. The monoisotopic (exact) mass is 260 g/mol. The quantitative estimate of drug-likeness (QED) is 0.911. The molecule has 0 bridgehead atoms. The summed E-state index contributed by atoms with van der Waals surface area (Å²) in [5.41, 5.74) is 7.12. The molecular formula is C14H16N2O3. The molecule has 0 aliphatic heterocycles. The van der Waals surface area contributed by atoms with E-state index >= 15 is 0 Å². The van der Waals surface area contributed by atoms with Crippen molar-refractivity contribution in [1.29, 1.82) is 0 Å². The smallest absolute Gasteiger partial charge is 0.252 e. The average Bonchev–Trinajstić information content (AvgIpc) is 2.43. The van der Waals surface area contributed by atoms with E-state index in [1.807, 2.05) is 6.07 Å². The van der Waals surface area contributed by atoms with Gasteiger partial charge in [-0.15, -0.1) is 0 Å². The highest BCUT2D eigenvalue weighted by Crippen LogP contribution is 2.33. The summed E-state index contributed by atoms with van der Waals surface area (Å²) in [6.07, 6.45) is 0. The van der Waals surface area contributed by atoms with Crippen LogP contribution >= 0.6 is 0 Å². The molecule has 19 heavy (non-hydrogen) atoms. The van der Waals surface area contributed by atoms with Gasteiger partial charge in [-0.25, -0.2) is 0 Å². The van der Waals surface area contributed by atoms with Crippen molar-refractivity contribution in [3.8, 4) is 22.6 Å². The molecule has 0 radical (unpaired) electrons. The molecule has 1 heterocycles. The van der Waals surface area contributed by atoms with Gasteiger partial charge in [-0.05, 0) is 29.8 Å². The number of aromatic nitrogens is 1. The molecule has 2 aromatic rings. The van der Waals surface area contributed by atoms with Crippen LogP contribution in [0.2, 0.25) is 0 Å². The van der Waals surface area contributed by atoms with Gasteiger partial charge in [-0.2, -0.15) is 0 Å². The van der Waals surface area contributed by atoms with Crippen molar-refractivity contribution in [3.05, 3.63) is 40.7 Å². The third-order valence-electron chi connectivity index (χ3n) is 3.02. The van der Waals surface area contributed by atoms with E-state index in [1.54, 1.807) is 39.5 Å². The van der Waals surface area contributed by atoms with Gasteiger partial charge in [0.1, 0.15) is 17.3 Å². The standard InChI is InChI=1S/C14H16N2O3/c1-16-13(15)6-9(7-14(16)17)11-8-10(18-2)4-5-12(11)19-3/h4-8H,15H2,1-3H3. The van der Waals surface area contributed by atoms with E-state index in [4.69, 9.17) is 15.2 Å². The fourth-order valence-electron chi connectivity index (χ4n) is 1.85. The van der Waals surface area contributed by atoms with Crippen LogP contribution in [-0.4, -0.2) is 18.8 Å². The summed E-state index contributed by atoms with van der Waals surface area (Å²) in [4.78, 5) is 11.8. The number of hydrogen-bond acceptors (Lipinski definition) is 4. The Balaban J connectivity index is 2.66. The first-order valence-corrected chi connectivity index (χ1v) is 5.75. The van der Waals surface area contributed by atoms with E-state index in [-0.39, 0.29) is 5.56 Å². The molecule has 5 nitrogen and oxygen atoms in total. The molecule has 0 fully saturated rings. The van der Waals surface area contributed by atoms with Crippen LogP contribution in [0.3, 0.4) is 0 Å². The summed E-state index contributed by atoms with van der Waals surface area (Å²) in [7, 11) is 4.80. The third-order valence-corrected chi connectivity index (χ3v) is 3.02. The highest BCUT2D eigenvalue weighted by atomic mass is 16.5. The van der Waals surface area contributed by atoms with Gasteiger partial charge in [0.2, 0.25) is 0 Å². The number of nitrogens with zero attached hydrogens (tertiary/aromatic N) is 1. The molecule has 0 spiro atoms. The van der Waals surface area contributed by atoms with Gasteiger partial charge >= 0.3 is 0 Å². The molecule has 0 amide bonds. The average molecular weight is 260 g/mol. The zero-order valence-corrected chi connectivity index (χ0v) is 11.1. The summed E-state index contributed by atoms with van der Waals surface area (Å²) >= 11 is 0. The number of ether oxygens (including phenoxy) is 2. The van der Waals surface area contributed by atoms with Crippen molar-refractivity contribution in [2.45, 2.75) is 0 Å². The summed E-state index contributed by atoms with van der Waals surface area (Å²) in [6.45, 7) is 0. The molecule has 5 heteroatoms. The minimum atomic E-state index is -0.167. The van der Waals surface area contributed by atoms with Crippen molar-refractivity contribution in [3.63, 3.8) is 0 Å². The minimum absolute atomic E-state index is 0.167. The van der Waals surface area contributed by atoms with Crippen LogP contribution in [0.4, 0.5) is 5.82 Å². The van der Waals surface area contributed by atoms with Gasteiger partial charge in [-0.1, -0.05) is 0 Å². The Bertz CT molecular complexity index is 662. The lowest BCUT2D eigenvalue weighted by Crippen LogP contribution is -2.18. The number of benzene rings is 1. The van der Waals surface area contributed by atoms with E-state index < -0.39 is 0 Å². The highest BCUT2D eigenvalue weighted by molar-refractivity contribution is 5.73. The Labute approximate surface area is 111 Å². The first-order valence-electron chi connectivity index (χ1n) is 5.75. The van der Waals surface area contributed by atoms with E-state index in [0.29, 0.717) is 22.9 Å². The lowest BCUT2D eigenvalue weighted by molar-refractivity contribution is 0.404. The molecular weight excluding hydrogens is 244 g/mol. The summed E-state index contributed by atoms with van der Waals surface area (Å²) in [5, 5.41) is 0. The van der Waals surface area contributed by atoms with Crippen molar-refractivity contribution >= 4 is 5.82 Å². The Morgan fingerprint density at radius 3 is 2.42 bits per heavy atom. The van der Waals surface area contributed by atoms with Crippen molar-refractivity contribution in [1.82, 2.24) is 4.57 Å². The van der Waals surface area contributed by atoms with Gasteiger partial charge in [0.15, 0.2) is 0 Å². The van der Waals surface area contributed by atoms with Crippen LogP contribution in [0, 0.1) is 0 Å². The van der Waals surface area contributed by atoms with Crippen molar-refractivity contribution in [2.75, 3.05) is 20.0 Å². The van der Waals surface area contributed by atoms with Gasteiger partial charge in [-0.3, -0.25) is 9.36 Å². The largest absolute Gasteiger partial charge is 0.497 e. The fourth-order valence-corrected chi connectivity index (χ4v) is 1.85. The second kappa shape index (κ2) is 5.06. The maximum absolute atomic E-state index is 11.8. The second-order valence-electron chi connectivity index (χ2n) is 4.13. The van der Waals surface area contributed by atoms with Crippen LogP contribution in [0.15, 0.2) is 35.1 Å². The van der Waals surface area contributed by atoms with Crippen molar-refractivity contribution in [2.24, 2.45) is 7.05 Å². The molecule has 0 saturated heterocycles. The zero-order chi connectivity index (χ0) is 14.0. The predicted octanol–water partition coefficient (Wildman–Crippen LogP) is 1.65. The molecule has 2 rings (SSSR count). The lowest BCUT2D eigenvalue weighted by Gasteiger charge is -2.12. The predicted molar refractivity (Wildman–Crippen MR) is 74.6 cm³/mol. The molecule has 0 atom stereocenters. The molecule has 1 aromatic heterocycles. The molecule has 0 saturated carbocycles. The highest BCUT2D eigenvalue weighted by Gasteiger charge is 2.10. The minimum Gasteiger partial charge on any atom is -0.497 e. The normalized spacial score (nSPS) is 10.3. The second-order valence-corrected chi connectivity index (χ2v) is 4.13. The first kappa shape index (κ1) is 13.0. The molecule has 2 N–H and O–H groups in total. The SMILES string of the molecule is COc1ccc(OC)c(-c2cc(N)n(C)c(=O)c2)c1. The van der Waals surface area contributed by atoms with Crippen LogP contribution in [0.5, 0.6) is 11.5 Å². The Kier molecular flexibility index (Phi) is 3.46. The number of rotatable bonds is 3. The van der Waals surface area contributed by atoms with E-state index in [9.17, 15) is 4.79 Å². The third kappa shape index (κ3) is 2.40. The number of hydrogen-bond donors (Lipinski definition) is 1. The number of anilines is 1. The Morgan fingerprint density at radius 2 is 1.84 bits per heavy atom. The first-order chi connectivity index (χ1) is 9.06. The number of nitrogens with two attached hydrogens (primary N) is 1. The van der Waals surface area contributed by atoms with Crippen LogP contribution in [0.1, 0.15) is 0 Å². The van der Waals surface area contributed by atoms with E-state index in [0.717, 1.165) is 5.56 Å². The Hall–Kier alpha value is -2.43. The van der Waals surface area contributed by atoms with Gasteiger partial charge in [0.25, 0.3) is 5.56 Å². The van der Waals surface area contributed by atoms with Gasteiger partial charge < -0.3 is 15.2 Å². The number of methoxy groups -OCH3 is 2. The van der Waals surface area contributed by atoms with Gasteiger partial charge in [0, 0.05) is 18.7 Å². The van der Waals surface area contributed by atoms with Gasteiger partial charge in [0.05, 0.1) is 14.2 Å². The van der Waals surface area contributed by atoms with E-state index in [2.05, 4.69) is 0 Å². The summed E-state index contributed by atoms with van der Waals surface area (Å²) in [5.74, 6) is 1.75. The molecule has 1 aromatic carbocycles. The fraction of sp³-hybridized carbons (Fsp3) is 0.214. The van der Waals surface area contributed by atoms with Crippen molar-refractivity contribution < 1.29 is 9.47 Å². The summed E-state index contributed by atoms with van der Waals surface area (Å²) in [6, 6.07) is 8.66. The number of nitrogen functional groups attached to an aromatic ring is 1. The molecule has 0 aliphatic carbocycles. The van der Waals surface area contributed by atoms with E-state index in [1.165, 1.54) is 10.6 Å². The molecule has 100 valence electrons. The summed E-state index contributed by atoms with van der Waals surface area (Å²) < 4.78 is 11.9.